The van der Waals surface area contributed by atoms with Crippen molar-refractivity contribution in [3.8, 4) is 12.3 Å². The molecule has 0 saturated carbocycles. The molecule has 2 unspecified atom stereocenters. The van der Waals surface area contributed by atoms with Crippen LogP contribution in [0.5, 0.6) is 0 Å². The topological polar surface area (TPSA) is 12.5 Å². The van der Waals surface area contributed by atoms with Crippen molar-refractivity contribution in [3.05, 3.63) is 0 Å². The molecule has 0 aliphatic carbocycles. The normalized spacial score (nSPS) is 29.2. The Bertz CT molecular complexity index is 173. The Kier molecular flexibility index (Phi) is 3.58. The first kappa shape index (κ1) is 9.57. The highest BCUT2D eigenvalue weighted by Gasteiger charge is 2.28. The van der Waals surface area contributed by atoms with Gasteiger partial charge in [0.15, 0.2) is 0 Å². The predicted molar refractivity (Wildman–Crippen MR) is 49.9 cm³/mol. The molecule has 0 aromatic heterocycles. The van der Waals surface area contributed by atoms with E-state index in [0.29, 0.717) is 12.1 Å². The molecule has 2 atom stereocenters. The molecule has 2 heteroatoms. The van der Waals surface area contributed by atoms with Gasteiger partial charge in [-0.2, -0.15) is 0 Å². The standard InChI is InChI=1S/C10H17NO/c1-4-7-11(5-2)10-6-8-12-9(10)3/h1,9-10H,5-8H2,2-3H3. The summed E-state index contributed by atoms with van der Waals surface area (Å²) in [4.78, 5) is 2.30. The van der Waals surface area contributed by atoms with Gasteiger partial charge >= 0.3 is 0 Å². The summed E-state index contributed by atoms with van der Waals surface area (Å²) >= 11 is 0. The Morgan fingerprint density at radius 2 is 2.42 bits per heavy atom. The summed E-state index contributed by atoms with van der Waals surface area (Å²) in [6.45, 7) is 6.91. The third-order valence-corrected chi connectivity index (χ3v) is 2.51. The Morgan fingerprint density at radius 3 is 2.83 bits per heavy atom. The molecule has 1 aliphatic heterocycles. The van der Waals surface area contributed by atoms with Crippen LogP contribution >= 0.6 is 0 Å². The fourth-order valence-electron chi connectivity index (χ4n) is 1.78. The molecule has 1 rings (SSSR count). The first-order valence-corrected chi connectivity index (χ1v) is 4.58. The van der Waals surface area contributed by atoms with Crippen LogP contribution in [0.4, 0.5) is 0 Å². The summed E-state index contributed by atoms with van der Waals surface area (Å²) in [6, 6.07) is 0.533. The lowest BCUT2D eigenvalue weighted by Gasteiger charge is -2.27. The van der Waals surface area contributed by atoms with Crippen LogP contribution in [-0.2, 0) is 4.74 Å². The lowest BCUT2D eigenvalue weighted by atomic mass is 10.1. The third kappa shape index (κ3) is 2.00. The second-order valence-electron chi connectivity index (χ2n) is 3.20. The summed E-state index contributed by atoms with van der Waals surface area (Å²) < 4.78 is 5.48. The summed E-state index contributed by atoms with van der Waals surface area (Å²) in [7, 11) is 0. The molecule has 0 amide bonds. The predicted octanol–water partition coefficient (Wildman–Crippen LogP) is 1.12. The minimum Gasteiger partial charge on any atom is -0.377 e. The molecule has 1 aliphatic rings. The Morgan fingerprint density at radius 1 is 1.67 bits per heavy atom. The van der Waals surface area contributed by atoms with Gasteiger partial charge in [0.2, 0.25) is 0 Å². The maximum absolute atomic E-state index is 5.48. The van der Waals surface area contributed by atoms with E-state index in [1.807, 2.05) is 0 Å². The number of likely N-dealkylation sites (N-methyl/N-ethyl adjacent to an activating group) is 1. The lowest BCUT2D eigenvalue weighted by molar-refractivity contribution is 0.0812. The molecular formula is C10H17NO. The van der Waals surface area contributed by atoms with Crippen LogP contribution in [0.1, 0.15) is 20.3 Å². The molecule has 2 nitrogen and oxygen atoms in total. The van der Waals surface area contributed by atoms with E-state index in [2.05, 4.69) is 24.7 Å². The largest absolute Gasteiger partial charge is 0.377 e. The first-order chi connectivity index (χ1) is 5.79. The van der Waals surface area contributed by atoms with Gasteiger partial charge in [-0.1, -0.05) is 12.8 Å². The summed E-state index contributed by atoms with van der Waals surface area (Å²) in [5, 5.41) is 0. The van der Waals surface area contributed by atoms with Crippen molar-refractivity contribution in [2.24, 2.45) is 0 Å². The van der Waals surface area contributed by atoms with E-state index < -0.39 is 0 Å². The van der Waals surface area contributed by atoms with Gasteiger partial charge in [-0.3, -0.25) is 4.90 Å². The maximum Gasteiger partial charge on any atom is 0.0703 e. The minimum atomic E-state index is 0.346. The van der Waals surface area contributed by atoms with Crippen molar-refractivity contribution < 1.29 is 4.74 Å². The molecule has 1 heterocycles. The van der Waals surface area contributed by atoms with Crippen LogP contribution in [0.3, 0.4) is 0 Å². The zero-order valence-corrected chi connectivity index (χ0v) is 7.92. The SMILES string of the molecule is C#CCN(CC)C1CCOC1C. The van der Waals surface area contributed by atoms with Gasteiger partial charge in [-0.05, 0) is 19.9 Å². The number of terminal acetylenes is 1. The van der Waals surface area contributed by atoms with Gasteiger partial charge in [0.1, 0.15) is 0 Å². The van der Waals surface area contributed by atoms with Crippen molar-refractivity contribution in [2.45, 2.75) is 32.4 Å². The molecule has 0 aromatic carbocycles. The van der Waals surface area contributed by atoms with Crippen LogP contribution in [0, 0.1) is 12.3 Å². The number of hydrogen-bond acceptors (Lipinski definition) is 2. The number of ether oxygens (including phenoxy) is 1. The molecular weight excluding hydrogens is 150 g/mol. The van der Waals surface area contributed by atoms with Gasteiger partial charge < -0.3 is 4.74 Å². The fraction of sp³-hybridized carbons (Fsp3) is 0.800. The third-order valence-electron chi connectivity index (χ3n) is 2.51. The molecule has 0 spiro atoms. The molecule has 68 valence electrons. The number of nitrogens with zero attached hydrogens (tertiary/aromatic N) is 1. The zero-order chi connectivity index (χ0) is 8.97. The van der Waals surface area contributed by atoms with E-state index in [-0.39, 0.29) is 0 Å². The summed E-state index contributed by atoms with van der Waals surface area (Å²) in [5.74, 6) is 2.69. The van der Waals surface area contributed by atoms with Crippen LogP contribution in [0.2, 0.25) is 0 Å². The quantitative estimate of drug-likeness (QED) is 0.584. The molecule has 0 bridgehead atoms. The highest BCUT2D eigenvalue weighted by Crippen LogP contribution is 2.18. The average molecular weight is 167 g/mol. The second-order valence-corrected chi connectivity index (χ2v) is 3.20. The van der Waals surface area contributed by atoms with E-state index in [0.717, 1.165) is 26.1 Å². The molecule has 0 aromatic rings. The van der Waals surface area contributed by atoms with Gasteiger partial charge in [0, 0.05) is 12.6 Å². The van der Waals surface area contributed by atoms with E-state index >= 15 is 0 Å². The highest BCUT2D eigenvalue weighted by atomic mass is 16.5. The molecule has 0 radical (unpaired) electrons. The Balaban J connectivity index is 2.47. The molecule has 0 N–H and O–H groups in total. The molecule has 1 saturated heterocycles. The number of hydrogen-bond donors (Lipinski definition) is 0. The van der Waals surface area contributed by atoms with Crippen molar-refractivity contribution in [1.29, 1.82) is 0 Å². The smallest absolute Gasteiger partial charge is 0.0703 e. The van der Waals surface area contributed by atoms with Crippen molar-refractivity contribution in [1.82, 2.24) is 4.90 Å². The van der Waals surface area contributed by atoms with Crippen molar-refractivity contribution in [3.63, 3.8) is 0 Å². The van der Waals surface area contributed by atoms with Crippen LogP contribution in [0.15, 0.2) is 0 Å². The number of rotatable bonds is 3. The highest BCUT2D eigenvalue weighted by molar-refractivity contribution is 4.92. The van der Waals surface area contributed by atoms with Crippen molar-refractivity contribution in [2.75, 3.05) is 19.7 Å². The van der Waals surface area contributed by atoms with E-state index in [9.17, 15) is 0 Å². The van der Waals surface area contributed by atoms with Crippen molar-refractivity contribution >= 4 is 0 Å². The van der Waals surface area contributed by atoms with Crippen LogP contribution in [-0.4, -0.2) is 36.7 Å². The zero-order valence-electron chi connectivity index (χ0n) is 7.92. The minimum absolute atomic E-state index is 0.346. The maximum atomic E-state index is 5.48. The molecule has 1 fully saturated rings. The van der Waals surface area contributed by atoms with Gasteiger partial charge in [-0.25, -0.2) is 0 Å². The Hall–Kier alpha value is -0.520. The first-order valence-electron chi connectivity index (χ1n) is 4.58. The van der Waals surface area contributed by atoms with E-state index in [1.54, 1.807) is 0 Å². The summed E-state index contributed by atoms with van der Waals surface area (Å²) in [5.41, 5.74) is 0. The molecule has 12 heavy (non-hydrogen) atoms. The Labute approximate surface area is 74.9 Å². The van der Waals surface area contributed by atoms with E-state index in [1.165, 1.54) is 0 Å². The average Bonchev–Trinajstić information content (AvgIpc) is 2.47. The monoisotopic (exact) mass is 167 g/mol. The fourth-order valence-corrected chi connectivity index (χ4v) is 1.78. The van der Waals surface area contributed by atoms with Gasteiger partial charge in [0.05, 0.1) is 12.6 Å². The van der Waals surface area contributed by atoms with Gasteiger partial charge in [-0.15, -0.1) is 6.42 Å². The summed E-state index contributed by atoms with van der Waals surface area (Å²) in [6.07, 6.45) is 6.75. The van der Waals surface area contributed by atoms with Crippen LogP contribution < -0.4 is 0 Å². The van der Waals surface area contributed by atoms with Crippen LogP contribution in [0.25, 0.3) is 0 Å². The lowest BCUT2D eigenvalue weighted by Crippen LogP contribution is -2.39. The van der Waals surface area contributed by atoms with Gasteiger partial charge in [0.25, 0.3) is 0 Å². The van der Waals surface area contributed by atoms with E-state index in [4.69, 9.17) is 11.2 Å². The second kappa shape index (κ2) is 4.49.